The molecule has 0 aliphatic heterocycles. The van der Waals surface area contributed by atoms with Crippen molar-refractivity contribution in [3.8, 4) is 0 Å². The lowest BCUT2D eigenvalue weighted by atomic mass is 10.2. The van der Waals surface area contributed by atoms with Gasteiger partial charge in [0, 0.05) is 29.2 Å². The van der Waals surface area contributed by atoms with Gasteiger partial charge >= 0.3 is 0 Å². The van der Waals surface area contributed by atoms with Gasteiger partial charge in [-0.25, -0.2) is 0 Å². The third-order valence-corrected chi connectivity index (χ3v) is 3.90. The smallest absolute Gasteiger partial charge is 0.270 e. The molecule has 0 aromatic heterocycles. The number of nitrogens with zero attached hydrogens (tertiary/aromatic N) is 1. The Bertz CT molecular complexity index is 532. The van der Waals surface area contributed by atoms with Gasteiger partial charge in [0.2, 0.25) is 5.91 Å². The Morgan fingerprint density at radius 2 is 2.25 bits per heavy atom. The van der Waals surface area contributed by atoms with Crippen LogP contribution in [0.3, 0.4) is 0 Å². The fourth-order valence-corrected chi connectivity index (χ4v) is 2.21. The van der Waals surface area contributed by atoms with Crippen LogP contribution in [0.2, 0.25) is 0 Å². The van der Waals surface area contributed by atoms with Gasteiger partial charge in [0.1, 0.15) is 0 Å². The number of halogens is 1. The molecule has 20 heavy (non-hydrogen) atoms. The summed E-state index contributed by atoms with van der Waals surface area (Å²) in [5.74, 6) is -0.00876. The highest BCUT2D eigenvalue weighted by Gasteiger charge is 2.25. The summed E-state index contributed by atoms with van der Waals surface area (Å²) < 4.78 is 0.661. The molecule has 1 saturated carbocycles. The first-order chi connectivity index (χ1) is 9.47. The maximum Gasteiger partial charge on any atom is 0.270 e. The maximum absolute atomic E-state index is 11.8. The van der Waals surface area contributed by atoms with Crippen molar-refractivity contribution in [1.29, 1.82) is 0 Å². The summed E-state index contributed by atoms with van der Waals surface area (Å²) in [6.45, 7) is 2.27. The summed E-state index contributed by atoms with van der Waals surface area (Å²) in [4.78, 5) is 22.0. The zero-order chi connectivity index (χ0) is 14.7. The average molecular weight is 342 g/mol. The molecule has 1 unspecified atom stereocenters. The number of nitro benzene ring substituents is 1. The van der Waals surface area contributed by atoms with Crippen molar-refractivity contribution >= 4 is 27.5 Å². The van der Waals surface area contributed by atoms with Crippen LogP contribution >= 0.6 is 15.9 Å². The summed E-state index contributed by atoms with van der Waals surface area (Å²) in [7, 11) is 0. The SMILES string of the molecule is CC(NCc1ccc([N+](=O)[O-])cc1Br)C(=O)NC1CC1. The number of rotatable bonds is 6. The van der Waals surface area contributed by atoms with Crippen molar-refractivity contribution in [3.63, 3.8) is 0 Å². The molecule has 108 valence electrons. The predicted molar refractivity (Wildman–Crippen MR) is 78.3 cm³/mol. The van der Waals surface area contributed by atoms with Crippen LogP contribution in [0.4, 0.5) is 5.69 Å². The van der Waals surface area contributed by atoms with Crippen molar-refractivity contribution in [2.45, 2.75) is 38.4 Å². The van der Waals surface area contributed by atoms with Crippen LogP contribution in [0.5, 0.6) is 0 Å². The first-order valence-corrected chi connectivity index (χ1v) is 7.23. The number of carbonyl (C=O) groups excluding carboxylic acids is 1. The third kappa shape index (κ3) is 4.01. The second-order valence-electron chi connectivity index (χ2n) is 4.92. The Morgan fingerprint density at radius 1 is 1.55 bits per heavy atom. The average Bonchev–Trinajstić information content (AvgIpc) is 3.20. The van der Waals surface area contributed by atoms with Crippen LogP contribution in [0, 0.1) is 10.1 Å². The molecule has 1 aliphatic carbocycles. The molecule has 2 rings (SSSR count). The predicted octanol–water partition coefficient (Wildman–Crippen LogP) is 2.11. The lowest BCUT2D eigenvalue weighted by Crippen LogP contribution is -2.42. The number of nitrogens with one attached hydrogen (secondary N) is 2. The Labute approximate surface area is 125 Å². The number of carbonyl (C=O) groups is 1. The van der Waals surface area contributed by atoms with Crippen LogP contribution in [-0.2, 0) is 11.3 Å². The van der Waals surface area contributed by atoms with Crippen LogP contribution in [0.15, 0.2) is 22.7 Å². The highest BCUT2D eigenvalue weighted by Crippen LogP contribution is 2.23. The lowest BCUT2D eigenvalue weighted by Gasteiger charge is -2.14. The topological polar surface area (TPSA) is 84.3 Å². The number of amides is 1. The van der Waals surface area contributed by atoms with E-state index in [2.05, 4.69) is 26.6 Å². The zero-order valence-electron chi connectivity index (χ0n) is 11.1. The van der Waals surface area contributed by atoms with Gasteiger partial charge in [-0.2, -0.15) is 0 Å². The Morgan fingerprint density at radius 3 is 2.80 bits per heavy atom. The zero-order valence-corrected chi connectivity index (χ0v) is 12.6. The van der Waals surface area contributed by atoms with Gasteiger partial charge in [-0.05, 0) is 31.4 Å². The van der Waals surface area contributed by atoms with Crippen LogP contribution in [-0.4, -0.2) is 22.9 Å². The molecule has 0 spiro atoms. The molecular weight excluding hydrogens is 326 g/mol. The van der Waals surface area contributed by atoms with Crippen molar-refractivity contribution in [2.75, 3.05) is 0 Å². The monoisotopic (exact) mass is 341 g/mol. The van der Waals surface area contributed by atoms with E-state index >= 15 is 0 Å². The fourth-order valence-electron chi connectivity index (χ4n) is 1.70. The molecule has 0 heterocycles. The molecule has 1 aliphatic rings. The Kier molecular flexibility index (Phi) is 4.72. The van der Waals surface area contributed by atoms with Crippen LogP contribution < -0.4 is 10.6 Å². The highest BCUT2D eigenvalue weighted by atomic mass is 79.9. The highest BCUT2D eigenvalue weighted by molar-refractivity contribution is 9.10. The number of benzene rings is 1. The Balaban J connectivity index is 1.89. The van der Waals surface area contributed by atoms with E-state index in [9.17, 15) is 14.9 Å². The minimum absolute atomic E-state index is 0.00876. The van der Waals surface area contributed by atoms with Gasteiger partial charge in [0.25, 0.3) is 5.69 Å². The first kappa shape index (κ1) is 14.9. The van der Waals surface area contributed by atoms with E-state index in [1.54, 1.807) is 13.0 Å². The van der Waals surface area contributed by atoms with Crippen LogP contribution in [0.1, 0.15) is 25.3 Å². The van der Waals surface area contributed by atoms with E-state index in [0.717, 1.165) is 18.4 Å². The van der Waals surface area contributed by atoms with E-state index in [1.807, 2.05) is 0 Å². The lowest BCUT2D eigenvalue weighted by molar-refractivity contribution is -0.384. The molecule has 2 N–H and O–H groups in total. The van der Waals surface area contributed by atoms with Crippen molar-refractivity contribution < 1.29 is 9.72 Å². The van der Waals surface area contributed by atoms with Gasteiger partial charge < -0.3 is 10.6 Å². The number of non-ortho nitro benzene ring substituents is 1. The van der Waals surface area contributed by atoms with E-state index in [1.165, 1.54) is 12.1 Å². The first-order valence-electron chi connectivity index (χ1n) is 6.44. The molecule has 0 radical (unpaired) electrons. The van der Waals surface area contributed by atoms with Crippen molar-refractivity contribution in [3.05, 3.63) is 38.3 Å². The van der Waals surface area contributed by atoms with Crippen molar-refractivity contribution in [1.82, 2.24) is 10.6 Å². The maximum atomic E-state index is 11.8. The number of nitro groups is 1. The molecule has 1 aromatic rings. The Hall–Kier alpha value is -1.47. The summed E-state index contributed by atoms with van der Waals surface area (Å²) in [6, 6.07) is 4.65. The normalized spacial score (nSPS) is 15.7. The molecule has 1 amide bonds. The van der Waals surface area contributed by atoms with Crippen LogP contribution in [0.25, 0.3) is 0 Å². The molecular formula is C13H16BrN3O3. The summed E-state index contributed by atoms with van der Waals surface area (Å²) in [6.07, 6.45) is 2.12. The van der Waals surface area contributed by atoms with E-state index in [-0.39, 0.29) is 17.6 Å². The van der Waals surface area contributed by atoms with E-state index in [0.29, 0.717) is 17.1 Å². The van der Waals surface area contributed by atoms with Crippen molar-refractivity contribution in [2.24, 2.45) is 0 Å². The summed E-state index contributed by atoms with van der Waals surface area (Å²) in [5.41, 5.74) is 0.918. The molecule has 1 atom stereocenters. The van der Waals surface area contributed by atoms with Gasteiger partial charge in [-0.1, -0.05) is 15.9 Å². The van der Waals surface area contributed by atoms with Gasteiger partial charge in [-0.15, -0.1) is 0 Å². The summed E-state index contributed by atoms with van der Waals surface area (Å²) >= 11 is 3.31. The molecule has 1 fully saturated rings. The largest absolute Gasteiger partial charge is 0.352 e. The molecule has 0 bridgehead atoms. The van der Waals surface area contributed by atoms with Gasteiger partial charge in [0.15, 0.2) is 0 Å². The number of hydrogen-bond donors (Lipinski definition) is 2. The van der Waals surface area contributed by atoms with E-state index in [4.69, 9.17) is 0 Å². The molecule has 7 heteroatoms. The standard InChI is InChI=1S/C13H16BrN3O3/c1-8(13(18)16-10-3-4-10)15-7-9-2-5-11(17(19)20)6-12(9)14/h2,5-6,8,10,15H,3-4,7H2,1H3,(H,16,18). The minimum atomic E-state index is -0.437. The van der Waals surface area contributed by atoms with E-state index < -0.39 is 4.92 Å². The van der Waals surface area contributed by atoms with Gasteiger partial charge in [0.05, 0.1) is 11.0 Å². The fraction of sp³-hybridized carbons (Fsp3) is 0.462. The number of hydrogen-bond acceptors (Lipinski definition) is 4. The second kappa shape index (κ2) is 6.32. The third-order valence-electron chi connectivity index (χ3n) is 3.16. The molecule has 6 nitrogen and oxygen atoms in total. The molecule has 1 aromatic carbocycles. The van der Waals surface area contributed by atoms with Gasteiger partial charge in [-0.3, -0.25) is 14.9 Å². The quantitative estimate of drug-likeness (QED) is 0.613. The second-order valence-corrected chi connectivity index (χ2v) is 5.77. The molecule has 0 saturated heterocycles. The summed E-state index contributed by atoms with van der Waals surface area (Å²) in [5, 5.41) is 16.7. The minimum Gasteiger partial charge on any atom is -0.352 e.